The second kappa shape index (κ2) is 7.42. The van der Waals surface area contributed by atoms with Crippen LogP contribution in [0.15, 0.2) is 30.3 Å². The van der Waals surface area contributed by atoms with Crippen LogP contribution < -0.4 is 10.6 Å². The standard InChI is InChI=1S/C13H17N3O/c1-11(17)15-8-5-9-16-13(10-14)12-6-3-2-4-7-12/h2-4,6-7,13,16H,5,8-9H2,1H3,(H,15,17). The number of hydrogen-bond acceptors (Lipinski definition) is 3. The number of rotatable bonds is 6. The summed E-state index contributed by atoms with van der Waals surface area (Å²) in [4.78, 5) is 10.6. The Bertz CT molecular complexity index is 383. The molecule has 1 aromatic rings. The van der Waals surface area contributed by atoms with E-state index in [1.54, 1.807) is 0 Å². The van der Waals surface area contributed by atoms with Gasteiger partial charge in [0.05, 0.1) is 6.07 Å². The van der Waals surface area contributed by atoms with E-state index in [1.807, 2.05) is 30.3 Å². The van der Waals surface area contributed by atoms with Crippen LogP contribution >= 0.6 is 0 Å². The number of benzene rings is 1. The van der Waals surface area contributed by atoms with Gasteiger partial charge in [0.1, 0.15) is 6.04 Å². The molecular formula is C13H17N3O. The highest BCUT2D eigenvalue weighted by molar-refractivity contribution is 5.72. The fraction of sp³-hybridized carbons (Fsp3) is 0.385. The monoisotopic (exact) mass is 231 g/mol. The number of amides is 1. The van der Waals surface area contributed by atoms with Gasteiger partial charge >= 0.3 is 0 Å². The first kappa shape index (κ1) is 13.2. The molecule has 0 aliphatic carbocycles. The van der Waals surface area contributed by atoms with E-state index in [4.69, 9.17) is 5.26 Å². The minimum Gasteiger partial charge on any atom is -0.356 e. The molecule has 4 heteroatoms. The van der Waals surface area contributed by atoms with E-state index in [0.717, 1.165) is 12.0 Å². The normalized spacial score (nSPS) is 11.5. The van der Waals surface area contributed by atoms with E-state index in [9.17, 15) is 4.79 Å². The molecule has 17 heavy (non-hydrogen) atoms. The maximum absolute atomic E-state index is 10.6. The molecule has 4 nitrogen and oxygen atoms in total. The average molecular weight is 231 g/mol. The first-order valence-corrected chi connectivity index (χ1v) is 5.66. The third-order valence-electron chi connectivity index (χ3n) is 2.34. The third-order valence-corrected chi connectivity index (χ3v) is 2.34. The van der Waals surface area contributed by atoms with Crippen molar-refractivity contribution in [2.45, 2.75) is 19.4 Å². The van der Waals surface area contributed by atoms with Crippen LogP contribution in [0.2, 0.25) is 0 Å². The lowest BCUT2D eigenvalue weighted by atomic mass is 10.1. The molecule has 0 saturated heterocycles. The predicted molar refractivity (Wildman–Crippen MR) is 66.1 cm³/mol. The largest absolute Gasteiger partial charge is 0.356 e. The highest BCUT2D eigenvalue weighted by atomic mass is 16.1. The van der Waals surface area contributed by atoms with Gasteiger partial charge in [0.25, 0.3) is 0 Å². The van der Waals surface area contributed by atoms with Gasteiger partial charge < -0.3 is 5.32 Å². The van der Waals surface area contributed by atoms with Gasteiger partial charge in [-0.05, 0) is 18.5 Å². The van der Waals surface area contributed by atoms with Crippen LogP contribution in [0.4, 0.5) is 0 Å². The first-order chi connectivity index (χ1) is 8.24. The third kappa shape index (κ3) is 5.14. The molecule has 1 aromatic carbocycles. The Morgan fingerprint density at radius 1 is 1.35 bits per heavy atom. The molecule has 0 bridgehead atoms. The van der Waals surface area contributed by atoms with Crippen molar-refractivity contribution in [3.63, 3.8) is 0 Å². The number of carbonyl (C=O) groups is 1. The number of nitriles is 1. The van der Waals surface area contributed by atoms with Crippen molar-refractivity contribution in [1.82, 2.24) is 10.6 Å². The molecule has 1 rings (SSSR count). The molecule has 0 aromatic heterocycles. The fourth-order valence-corrected chi connectivity index (χ4v) is 1.48. The van der Waals surface area contributed by atoms with E-state index in [1.165, 1.54) is 6.92 Å². The molecule has 0 radical (unpaired) electrons. The molecule has 1 unspecified atom stereocenters. The highest BCUT2D eigenvalue weighted by Gasteiger charge is 2.07. The Hall–Kier alpha value is -1.86. The van der Waals surface area contributed by atoms with Gasteiger partial charge in [0.2, 0.25) is 5.91 Å². The molecule has 0 heterocycles. The summed E-state index contributed by atoms with van der Waals surface area (Å²) in [5, 5.41) is 14.9. The second-order valence-corrected chi connectivity index (χ2v) is 3.76. The summed E-state index contributed by atoms with van der Waals surface area (Å²) in [6.45, 7) is 2.83. The van der Waals surface area contributed by atoms with Gasteiger partial charge in [-0.3, -0.25) is 10.1 Å². The molecule has 90 valence electrons. The smallest absolute Gasteiger partial charge is 0.216 e. The molecule has 0 aliphatic rings. The van der Waals surface area contributed by atoms with Crippen LogP contribution in [0, 0.1) is 11.3 Å². The SMILES string of the molecule is CC(=O)NCCCNC(C#N)c1ccccc1. The zero-order valence-corrected chi connectivity index (χ0v) is 9.94. The summed E-state index contributed by atoms with van der Waals surface area (Å²) >= 11 is 0. The van der Waals surface area contributed by atoms with Crippen molar-refractivity contribution in [2.75, 3.05) is 13.1 Å². The number of nitrogens with one attached hydrogen (secondary N) is 2. The van der Waals surface area contributed by atoms with Crippen molar-refractivity contribution in [1.29, 1.82) is 5.26 Å². The van der Waals surface area contributed by atoms with Gasteiger partial charge in [-0.2, -0.15) is 5.26 Å². The van der Waals surface area contributed by atoms with E-state index in [2.05, 4.69) is 16.7 Å². The van der Waals surface area contributed by atoms with Gasteiger partial charge in [0, 0.05) is 13.5 Å². The first-order valence-electron chi connectivity index (χ1n) is 5.66. The topological polar surface area (TPSA) is 64.9 Å². The molecule has 1 atom stereocenters. The van der Waals surface area contributed by atoms with Crippen LogP contribution in [-0.2, 0) is 4.79 Å². The maximum atomic E-state index is 10.6. The maximum Gasteiger partial charge on any atom is 0.216 e. The molecule has 0 aliphatic heterocycles. The van der Waals surface area contributed by atoms with Gasteiger partial charge in [-0.25, -0.2) is 0 Å². The number of hydrogen-bond donors (Lipinski definition) is 2. The Morgan fingerprint density at radius 3 is 2.65 bits per heavy atom. The Labute approximate surface area is 102 Å². The summed E-state index contributed by atoms with van der Waals surface area (Å²) in [7, 11) is 0. The summed E-state index contributed by atoms with van der Waals surface area (Å²) in [5.74, 6) is -0.0232. The molecule has 0 spiro atoms. The van der Waals surface area contributed by atoms with E-state index in [-0.39, 0.29) is 11.9 Å². The molecular weight excluding hydrogens is 214 g/mol. The number of nitrogens with zero attached hydrogens (tertiary/aromatic N) is 1. The van der Waals surface area contributed by atoms with Crippen molar-refractivity contribution >= 4 is 5.91 Å². The zero-order valence-electron chi connectivity index (χ0n) is 9.94. The second-order valence-electron chi connectivity index (χ2n) is 3.76. The van der Waals surface area contributed by atoms with Crippen molar-refractivity contribution in [3.8, 4) is 6.07 Å². The molecule has 2 N–H and O–H groups in total. The summed E-state index contributed by atoms with van der Waals surface area (Å²) in [6, 6.07) is 11.5. The van der Waals surface area contributed by atoms with E-state index >= 15 is 0 Å². The Kier molecular flexibility index (Phi) is 5.76. The van der Waals surface area contributed by atoms with Gasteiger partial charge in [0.15, 0.2) is 0 Å². The van der Waals surface area contributed by atoms with E-state index in [0.29, 0.717) is 13.1 Å². The lowest BCUT2D eigenvalue weighted by Gasteiger charge is -2.11. The Balaban J connectivity index is 2.30. The van der Waals surface area contributed by atoms with Gasteiger partial charge in [-0.15, -0.1) is 0 Å². The van der Waals surface area contributed by atoms with Crippen LogP contribution in [0.3, 0.4) is 0 Å². The molecule has 0 saturated carbocycles. The minimum atomic E-state index is -0.284. The van der Waals surface area contributed by atoms with Crippen LogP contribution in [0.5, 0.6) is 0 Å². The van der Waals surface area contributed by atoms with Crippen LogP contribution in [-0.4, -0.2) is 19.0 Å². The zero-order chi connectivity index (χ0) is 12.5. The van der Waals surface area contributed by atoms with Crippen molar-refractivity contribution in [3.05, 3.63) is 35.9 Å². The molecule has 0 fully saturated rings. The lowest BCUT2D eigenvalue weighted by molar-refractivity contribution is -0.118. The average Bonchev–Trinajstić information content (AvgIpc) is 2.34. The van der Waals surface area contributed by atoms with Gasteiger partial charge in [-0.1, -0.05) is 30.3 Å². The highest BCUT2D eigenvalue weighted by Crippen LogP contribution is 2.10. The predicted octanol–water partition coefficient (Wildman–Crippen LogP) is 1.37. The minimum absolute atomic E-state index is 0.0232. The number of carbonyl (C=O) groups excluding carboxylic acids is 1. The Morgan fingerprint density at radius 2 is 2.06 bits per heavy atom. The summed E-state index contributed by atoms with van der Waals surface area (Å²) < 4.78 is 0. The quantitative estimate of drug-likeness (QED) is 0.727. The van der Waals surface area contributed by atoms with Crippen LogP contribution in [0.1, 0.15) is 24.9 Å². The molecule has 1 amide bonds. The van der Waals surface area contributed by atoms with Crippen molar-refractivity contribution in [2.24, 2.45) is 0 Å². The summed E-state index contributed by atoms with van der Waals surface area (Å²) in [6.07, 6.45) is 0.810. The van der Waals surface area contributed by atoms with Crippen LogP contribution in [0.25, 0.3) is 0 Å². The lowest BCUT2D eigenvalue weighted by Crippen LogP contribution is -2.27. The van der Waals surface area contributed by atoms with Crippen molar-refractivity contribution < 1.29 is 4.79 Å². The van der Waals surface area contributed by atoms with E-state index < -0.39 is 0 Å². The fourth-order valence-electron chi connectivity index (χ4n) is 1.48. The summed E-state index contributed by atoms with van der Waals surface area (Å²) in [5.41, 5.74) is 0.967.